The van der Waals surface area contributed by atoms with Gasteiger partial charge < -0.3 is 33.2 Å². The fourth-order valence-corrected chi connectivity index (χ4v) is 4.38. The minimum Gasteiger partial charge on any atom is -0.489 e. The van der Waals surface area contributed by atoms with Gasteiger partial charge in [0, 0.05) is 31.7 Å². The van der Waals surface area contributed by atoms with Crippen molar-refractivity contribution in [3.63, 3.8) is 0 Å². The minimum atomic E-state index is -1.89. The highest BCUT2D eigenvalue weighted by atomic mass is 16.7. The van der Waals surface area contributed by atoms with Gasteiger partial charge in [0.1, 0.15) is 49.6 Å². The first-order valence-electron chi connectivity index (χ1n) is 11.6. The van der Waals surface area contributed by atoms with E-state index in [0.717, 1.165) is 13.8 Å². The summed E-state index contributed by atoms with van der Waals surface area (Å²) in [6.45, 7) is 10.7. The van der Waals surface area contributed by atoms with Crippen molar-refractivity contribution in [2.75, 3.05) is 19.8 Å². The molecule has 0 aromatic heterocycles. The standard InChI is InChI=1S/C25H29N3O10/c1-6-8-32-18-10-17-12-35-25(21(17)19(11-18)33-9-7-2)24(37-16(5)31)22(27-28-26)23(36-15(4)30)20(38-25)13-34-14(3)29/h6-7,10-11,20,22-24H,1-2,8-9,12-13H2,3-5H3/t20-,22?,23?,24?,25?/m1/s1. The van der Waals surface area contributed by atoms with Crippen LogP contribution in [0.25, 0.3) is 10.4 Å². The molecule has 4 unspecified atom stereocenters. The Morgan fingerprint density at radius 1 is 1.11 bits per heavy atom. The predicted molar refractivity (Wildman–Crippen MR) is 130 cm³/mol. The third kappa shape index (κ3) is 6.08. The van der Waals surface area contributed by atoms with Gasteiger partial charge in [0.05, 0.1) is 12.2 Å². The largest absolute Gasteiger partial charge is 0.489 e. The number of carbonyl (C=O) groups excluding carboxylic acids is 3. The lowest BCUT2D eigenvalue weighted by molar-refractivity contribution is -0.352. The second-order valence-corrected chi connectivity index (χ2v) is 8.37. The summed E-state index contributed by atoms with van der Waals surface area (Å²) in [4.78, 5) is 38.7. The molecule has 2 aliphatic heterocycles. The van der Waals surface area contributed by atoms with Gasteiger partial charge in [-0.25, -0.2) is 0 Å². The van der Waals surface area contributed by atoms with Crippen LogP contribution in [0.3, 0.4) is 0 Å². The molecule has 0 N–H and O–H groups in total. The number of ether oxygens (including phenoxy) is 7. The highest BCUT2D eigenvalue weighted by Crippen LogP contribution is 2.52. The Balaban J connectivity index is 2.24. The van der Waals surface area contributed by atoms with Crippen LogP contribution in [0.1, 0.15) is 31.9 Å². The van der Waals surface area contributed by atoms with Crippen molar-refractivity contribution >= 4 is 17.9 Å². The average molecular weight is 532 g/mol. The van der Waals surface area contributed by atoms with Gasteiger partial charge in [-0.1, -0.05) is 30.4 Å². The van der Waals surface area contributed by atoms with E-state index in [-0.39, 0.29) is 32.2 Å². The molecule has 2 aliphatic rings. The summed E-state index contributed by atoms with van der Waals surface area (Å²) in [5.41, 5.74) is 10.3. The van der Waals surface area contributed by atoms with Crippen molar-refractivity contribution in [1.82, 2.24) is 0 Å². The van der Waals surface area contributed by atoms with Crippen molar-refractivity contribution in [3.05, 3.63) is 59.0 Å². The third-order valence-corrected chi connectivity index (χ3v) is 5.62. The van der Waals surface area contributed by atoms with Gasteiger partial charge in [0.15, 0.2) is 6.10 Å². The monoisotopic (exact) mass is 531 g/mol. The maximum Gasteiger partial charge on any atom is 0.303 e. The van der Waals surface area contributed by atoms with Crippen LogP contribution in [0.2, 0.25) is 0 Å². The molecule has 0 bridgehead atoms. The van der Waals surface area contributed by atoms with Gasteiger partial charge in [-0.3, -0.25) is 14.4 Å². The van der Waals surface area contributed by atoms with E-state index in [2.05, 4.69) is 23.2 Å². The first kappa shape index (κ1) is 28.5. The van der Waals surface area contributed by atoms with E-state index in [1.54, 1.807) is 18.2 Å². The molecule has 1 aromatic rings. The molecule has 3 rings (SSSR count). The molecule has 1 spiro atoms. The number of azide groups is 1. The number of esters is 3. The Bertz CT molecular complexity index is 1150. The highest BCUT2D eigenvalue weighted by molar-refractivity contribution is 5.68. The molecule has 5 atom stereocenters. The summed E-state index contributed by atoms with van der Waals surface area (Å²) in [7, 11) is 0. The molecule has 0 amide bonds. The maximum atomic E-state index is 12.2. The van der Waals surface area contributed by atoms with Gasteiger partial charge in [-0.15, -0.1) is 0 Å². The number of rotatable bonds is 11. The van der Waals surface area contributed by atoms with E-state index >= 15 is 0 Å². The molecule has 13 heteroatoms. The zero-order valence-corrected chi connectivity index (χ0v) is 21.3. The van der Waals surface area contributed by atoms with Crippen LogP contribution in [0.15, 0.2) is 42.6 Å². The lowest BCUT2D eigenvalue weighted by Crippen LogP contribution is -2.65. The predicted octanol–water partition coefficient (Wildman–Crippen LogP) is 3.00. The zero-order valence-electron chi connectivity index (χ0n) is 21.3. The molecule has 0 radical (unpaired) electrons. The molecule has 1 aromatic carbocycles. The Morgan fingerprint density at radius 2 is 1.79 bits per heavy atom. The maximum absolute atomic E-state index is 12.2. The Hall–Kier alpha value is -4.06. The average Bonchev–Trinajstić information content (AvgIpc) is 3.22. The van der Waals surface area contributed by atoms with E-state index in [4.69, 9.17) is 33.2 Å². The third-order valence-electron chi connectivity index (χ3n) is 5.62. The lowest BCUT2D eigenvalue weighted by atomic mass is 9.85. The van der Waals surface area contributed by atoms with Crippen molar-refractivity contribution in [2.45, 2.75) is 57.5 Å². The van der Waals surface area contributed by atoms with Gasteiger partial charge in [0.2, 0.25) is 5.79 Å². The molecule has 2 heterocycles. The lowest BCUT2D eigenvalue weighted by Gasteiger charge is -2.49. The molecule has 13 nitrogen and oxygen atoms in total. The number of hydrogen-bond acceptors (Lipinski definition) is 11. The number of fused-ring (bicyclic) bond motifs is 2. The number of benzene rings is 1. The first-order chi connectivity index (χ1) is 18.2. The Kier molecular flexibility index (Phi) is 9.35. The van der Waals surface area contributed by atoms with E-state index < -0.39 is 48.0 Å². The van der Waals surface area contributed by atoms with Crippen molar-refractivity contribution in [2.24, 2.45) is 5.11 Å². The topological polar surface area (TPSA) is 165 Å². The normalized spacial score (nSPS) is 25.3. The fourth-order valence-electron chi connectivity index (χ4n) is 4.38. The number of nitrogens with zero attached hydrogens (tertiary/aromatic N) is 3. The van der Waals surface area contributed by atoms with E-state index in [1.807, 2.05) is 0 Å². The van der Waals surface area contributed by atoms with Gasteiger partial charge in [-0.05, 0) is 17.2 Å². The molecule has 0 saturated carbocycles. The van der Waals surface area contributed by atoms with Crippen molar-refractivity contribution < 1.29 is 47.5 Å². The fraction of sp³-hybridized carbons (Fsp3) is 0.480. The van der Waals surface area contributed by atoms with Crippen LogP contribution >= 0.6 is 0 Å². The summed E-state index contributed by atoms with van der Waals surface area (Å²) in [6, 6.07) is 1.96. The quantitative estimate of drug-likeness (QED) is 0.103. The molecule has 0 aliphatic carbocycles. The second-order valence-electron chi connectivity index (χ2n) is 8.37. The molecule has 1 fully saturated rings. The molecule has 1 saturated heterocycles. The van der Waals surface area contributed by atoms with Gasteiger partial charge in [-0.2, -0.15) is 0 Å². The first-order valence-corrected chi connectivity index (χ1v) is 11.6. The molecular weight excluding hydrogens is 502 g/mol. The number of hydrogen-bond donors (Lipinski definition) is 0. The van der Waals surface area contributed by atoms with Crippen molar-refractivity contribution in [1.29, 1.82) is 0 Å². The van der Waals surface area contributed by atoms with E-state index in [0.29, 0.717) is 16.9 Å². The van der Waals surface area contributed by atoms with Gasteiger partial charge in [0.25, 0.3) is 0 Å². The van der Waals surface area contributed by atoms with Crippen LogP contribution in [-0.4, -0.2) is 62.1 Å². The molecule has 204 valence electrons. The number of carbonyl (C=O) groups is 3. The molecular formula is C25H29N3O10. The van der Waals surface area contributed by atoms with Crippen LogP contribution < -0.4 is 9.47 Å². The smallest absolute Gasteiger partial charge is 0.303 e. The van der Waals surface area contributed by atoms with Crippen molar-refractivity contribution in [3.8, 4) is 11.5 Å². The molecule has 38 heavy (non-hydrogen) atoms. The summed E-state index contributed by atoms with van der Waals surface area (Å²) < 4.78 is 40.3. The summed E-state index contributed by atoms with van der Waals surface area (Å²) >= 11 is 0. The summed E-state index contributed by atoms with van der Waals surface area (Å²) in [5.74, 6) is -3.29. The minimum absolute atomic E-state index is 0.0374. The van der Waals surface area contributed by atoms with E-state index in [9.17, 15) is 19.9 Å². The Labute approximate surface area is 218 Å². The highest BCUT2D eigenvalue weighted by Gasteiger charge is 2.63. The van der Waals surface area contributed by atoms with Crippen LogP contribution in [-0.2, 0) is 50.5 Å². The van der Waals surface area contributed by atoms with E-state index in [1.165, 1.54) is 13.0 Å². The van der Waals surface area contributed by atoms with Crippen LogP contribution in [0, 0.1) is 0 Å². The summed E-state index contributed by atoms with van der Waals surface area (Å²) in [6.07, 6.45) is -0.796. The van der Waals surface area contributed by atoms with Crippen LogP contribution in [0.4, 0.5) is 0 Å². The van der Waals surface area contributed by atoms with Crippen LogP contribution in [0.5, 0.6) is 11.5 Å². The Morgan fingerprint density at radius 3 is 2.39 bits per heavy atom. The zero-order chi connectivity index (χ0) is 27.9. The van der Waals surface area contributed by atoms with Gasteiger partial charge >= 0.3 is 17.9 Å². The SMILES string of the molecule is C=CCOc1cc2c(c(OCC=C)c1)C1(OC2)O[C@H](COC(C)=O)C(OC(C)=O)C(N=[N+]=[N-])C1OC(C)=O. The summed E-state index contributed by atoms with van der Waals surface area (Å²) in [5, 5.41) is 3.80. The second kappa shape index (κ2) is 12.5.